The van der Waals surface area contributed by atoms with Crippen LogP contribution in [0.5, 0.6) is 5.75 Å². The van der Waals surface area contributed by atoms with Crippen LogP contribution in [0.3, 0.4) is 0 Å². The molecule has 0 aromatic heterocycles. The molecule has 0 saturated heterocycles. The number of hydrogen-bond donors (Lipinski definition) is 2. The smallest absolute Gasteiger partial charge is 0.309 e. The van der Waals surface area contributed by atoms with Crippen LogP contribution < -0.4 is 15.4 Å². The zero-order valence-corrected chi connectivity index (χ0v) is 13.8. The maximum Gasteiger partial charge on any atom is 0.309 e. The van der Waals surface area contributed by atoms with Gasteiger partial charge in [-0.05, 0) is 30.0 Å². The average Bonchev–Trinajstić information content (AvgIpc) is 2.60. The molecule has 5 nitrogen and oxygen atoms in total. The minimum atomic E-state index is -0.587. The molecule has 0 aliphatic heterocycles. The number of methoxy groups -OCH3 is 1. The van der Waals surface area contributed by atoms with Crippen LogP contribution in [0.25, 0.3) is 0 Å². The molecule has 1 aromatic carbocycles. The van der Waals surface area contributed by atoms with E-state index in [0.29, 0.717) is 19.0 Å². The van der Waals surface area contributed by atoms with Gasteiger partial charge in [-0.2, -0.15) is 0 Å². The van der Waals surface area contributed by atoms with Crippen molar-refractivity contribution in [3.8, 4) is 5.75 Å². The monoisotopic (exact) mass is 318 g/mol. The van der Waals surface area contributed by atoms with Crippen molar-refractivity contribution in [2.24, 2.45) is 5.92 Å². The van der Waals surface area contributed by atoms with Crippen molar-refractivity contribution in [2.75, 3.05) is 13.7 Å². The second kappa shape index (κ2) is 9.18. The zero-order valence-electron chi connectivity index (χ0n) is 13.8. The highest BCUT2D eigenvalue weighted by Gasteiger charge is 2.16. The van der Waals surface area contributed by atoms with E-state index in [-0.39, 0.29) is 0 Å². The van der Waals surface area contributed by atoms with E-state index in [9.17, 15) is 9.59 Å². The minimum Gasteiger partial charge on any atom is -0.497 e. The van der Waals surface area contributed by atoms with Crippen molar-refractivity contribution in [1.29, 1.82) is 0 Å². The Balaban J connectivity index is 1.66. The molecule has 1 saturated carbocycles. The normalized spacial score (nSPS) is 15.0. The van der Waals surface area contributed by atoms with Gasteiger partial charge in [-0.25, -0.2) is 0 Å². The summed E-state index contributed by atoms with van der Waals surface area (Å²) in [6.07, 6.45) is 7.37. The van der Waals surface area contributed by atoms with Crippen LogP contribution in [-0.4, -0.2) is 25.5 Å². The lowest BCUT2D eigenvalue weighted by molar-refractivity contribution is -0.139. The quantitative estimate of drug-likeness (QED) is 0.792. The van der Waals surface area contributed by atoms with Gasteiger partial charge in [0.1, 0.15) is 5.75 Å². The Hall–Kier alpha value is -2.04. The van der Waals surface area contributed by atoms with E-state index in [1.54, 1.807) is 7.11 Å². The largest absolute Gasteiger partial charge is 0.497 e. The molecule has 2 N–H and O–H groups in total. The topological polar surface area (TPSA) is 67.4 Å². The average molecular weight is 318 g/mol. The molecule has 0 bridgehead atoms. The summed E-state index contributed by atoms with van der Waals surface area (Å²) in [6, 6.07) is 7.40. The van der Waals surface area contributed by atoms with E-state index < -0.39 is 11.8 Å². The fourth-order valence-corrected chi connectivity index (χ4v) is 2.99. The van der Waals surface area contributed by atoms with Crippen LogP contribution in [-0.2, 0) is 16.1 Å². The Bertz CT molecular complexity index is 525. The molecule has 23 heavy (non-hydrogen) atoms. The standard InChI is InChI=1S/C18H26N2O3/c1-23-16-9-5-8-15(12-16)13-20-18(22)17(21)19-11-10-14-6-3-2-4-7-14/h5,8-9,12,14H,2-4,6-7,10-11,13H2,1H3,(H,19,21)(H,20,22). The molecule has 0 radical (unpaired) electrons. The summed E-state index contributed by atoms with van der Waals surface area (Å²) in [4.78, 5) is 23.6. The van der Waals surface area contributed by atoms with Gasteiger partial charge >= 0.3 is 11.8 Å². The summed E-state index contributed by atoms with van der Waals surface area (Å²) >= 11 is 0. The van der Waals surface area contributed by atoms with Crippen LogP contribution in [0.4, 0.5) is 0 Å². The molecule has 1 aliphatic carbocycles. The number of hydrogen-bond acceptors (Lipinski definition) is 3. The van der Waals surface area contributed by atoms with Gasteiger partial charge in [0.15, 0.2) is 0 Å². The van der Waals surface area contributed by atoms with Crippen LogP contribution in [0.15, 0.2) is 24.3 Å². The van der Waals surface area contributed by atoms with Crippen molar-refractivity contribution in [3.63, 3.8) is 0 Å². The van der Waals surface area contributed by atoms with Crippen molar-refractivity contribution < 1.29 is 14.3 Å². The van der Waals surface area contributed by atoms with Crippen LogP contribution in [0, 0.1) is 5.92 Å². The molecule has 126 valence electrons. The van der Waals surface area contributed by atoms with Gasteiger partial charge in [0.25, 0.3) is 0 Å². The number of nitrogens with one attached hydrogen (secondary N) is 2. The van der Waals surface area contributed by atoms with E-state index in [1.165, 1.54) is 32.1 Å². The fourth-order valence-electron chi connectivity index (χ4n) is 2.99. The number of rotatable bonds is 6. The summed E-state index contributed by atoms with van der Waals surface area (Å²) in [5, 5.41) is 5.34. The Kier molecular flexibility index (Phi) is 6.91. The van der Waals surface area contributed by atoms with E-state index >= 15 is 0 Å². The first-order valence-electron chi connectivity index (χ1n) is 8.38. The lowest BCUT2D eigenvalue weighted by Crippen LogP contribution is -2.40. The summed E-state index contributed by atoms with van der Waals surface area (Å²) in [6.45, 7) is 0.891. The van der Waals surface area contributed by atoms with Crippen molar-refractivity contribution in [1.82, 2.24) is 10.6 Å². The first-order valence-corrected chi connectivity index (χ1v) is 8.38. The lowest BCUT2D eigenvalue weighted by atomic mass is 9.87. The predicted molar refractivity (Wildman–Crippen MR) is 89.0 cm³/mol. The summed E-state index contributed by atoms with van der Waals surface area (Å²) < 4.78 is 5.13. The van der Waals surface area contributed by atoms with Gasteiger partial charge in [-0.15, -0.1) is 0 Å². The third-order valence-corrected chi connectivity index (χ3v) is 4.36. The molecular formula is C18H26N2O3. The molecule has 0 heterocycles. The Morgan fingerprint density at radius 2 is 1.87 bits per heavy atom. The maximum absolute atomic E-state index is 11.8. The number of benzene rings is 1. The third-order valence-electron chi connectivity index (χ3n) is 4.36. The molecule has 0 unspecified atom stereocenters. The molecule has 1 fully saturated rings. The lowest BCUT2D eigenvalue weighted by Gasteiger charge is -2.21. The first-order chi connectivity index (χ1) is 11.2. The molecule has 2 amide bonds. The van der Waals surface area contributed by atoms with Gasteiger partial charge in [0.05, 0.1) is 7.11 Å². The second-order valence-electron chi connectivity index (χ2n) is 6.08. The number of ether oxygens (including phenoxy) is 1. The first kappa shape index (κ1) is 17.3. The van der Waals surface area contributed by atoms with Gasteiger partial charge in [-0.1, -0.05) is 44.2 Å². The van der Waals surface area contributed by atoms with Gasteiger partial charge < -0.3 is 15.4 Å². The van der Waals surface area contributed by atoms with Crippen LogP contribution in [0.2, 0.25) is 0 Å². The highest BCUT2D eigenvalue weighted by molar-refractivity contribution is 6.35. The van der Waals surface area contributed by atoms with Crippen molar-refractivity contribution in [3.05, 3.63) is 29.8 Å². The predicted octanol–water partition coefficient (Wildman–Crippen LogP) is 2.40. The molecule has 1 aliphatic rings. The fraction of sp³-hybridized carbons (Fsp3) is 0.556. The van der Waals surface area contributed by atoms with E-state index in [1.807, 2.05) is 24.3 Å². The second-order valence-corrected chi connectivity index (χ2v) is 6.08. The SMILES string of the molecule is COc1cccc(CNC(=O)C(=O)NCCC2CCCCC2)c1. The minimum absolute atomic E-state index is 0.312. The Labute approximate surface area is 137 Å². The zero-order chi connectivity index (χ0) is 16.5. The van der Waals surface area contributed by atoms with Crippen LogP contribution in [0.1, 0.15) is 44.1 Å². The van der Waals surface area contributed by atoms with Crippen molar-refractivity contribution in [2.45, 2.75) is 45.1 Å². The molecule has 2 rings (SSSR count). The summed E-state index contributed by atoms with van der Waals surface area (Å²) in [7, 11) is 1.59. The third kappa shape index (κ3) is 5.93. The van der Waals surface area contributed by atoms with Gasteiger partial charge in [0, 0.05) is 13.1 Å². The maximum atomic E-state index is 11.8. The van der Waals surface area contributed by atoms with E-state index in [4.69, 9.17) is 4.74 Å². The highest BCUT2D eigenvalue weighted by Crippen LogP contribution is 2.25. The molecular weight excluding hydrogens is 292 g/mol. The van der Waals surface area contributed by atoms with Crippen LogP contribution >= 0.6 is 0 Å². The summed E-state index contributed by atoms with van der Waals surface area (Å²) in [5.74, 6) is 0.290. The summed E-state index contributed by atoms with van der Waals surface area (Å²) in [5.41, 5.74) is 0.896. The van der Waals surface area contributed by atoms with Gasteiger partial charge in [-0.3, -0.25) is 9.59 Å². The van der Waals surface area contributed by atoms with E-state index in [0.717, 1.165) is 17.7 Å². The number of carbonyl (C=O) groups is 2. The molecule has 0 atom stereocenters. The molecule has 1 aromatic rings. The Morgan fingerprint density at radius 1 is 1.13 bits per heavy atom. The number of amides is 2. The highest BCUT2D eigenvalue weighted by atomic mass is 16.5. The van der Waals surface area contributed by atoms with Gasteiger partial charge in [0.2, 0.25) is 0 Å². The van der Waals surface area contributed by atoms with E-state index in [2.05, 4.69) is 10.6 Å². The molecule has 5 heteroatoms. The Morgan fingerprint density at radius 3 is 2.61 bits per heavy atom. The molecule has 0 spiro atoms. The number of carbonyl (C=O) groups excluding carboxylic acids is 2. The van der Waals surface area contributed by atoms with Crippen molar-refractivity contribution >= 4 is 11.8 Å².